The zero-order valence-corrected chi connectivity index (χ0v) is 9.87. The molecule has 6 atom stereocenters. The van der Waals surface area contributed by atoms with Crippen LogP contribution in [0.1, 0.15) is 0 Å². The lowest BCUT2D eigenvalue weighted by Gasteiger charge is -2.41. The van der Waals surface area contributed by atoms with Gasteiger partial charge in [-0.2, -0.15) is 0 Å². The third-order valence-corrected chi connectivity index (χ3v) is 2.90. The highest BCUT2D eigenvalue weighted by molar-refractivity contribution is 7.46. The Hall–Kier alpha value is -0.130. The van der Waals surface area contributed by atoms with Crippen molar-refractivity contribution in [2.75, 3.05) is 6.61 Å². The second-order valence-corrected chi connectivity index (χ2v) is 4.98. The van der Waals surface area contributed by atoms with Crippen molar-refractivity contribution in [3.8, 4) is 0 Å². The van der Waals surface area contributed by atoms with Crippen LogP contribution in [-0.2, 0) is 13.8 Å². The first-order valence-corrected chi connectivity index (χ1v) is 6.43. The van der Waals surface area contributed by atoms with Gasteiger partial charge in [0.15, 0.2) is 6.29 Å². The van der Waals surface area contributed by atoms with Crippen LogP contribution in [0.2, 0.25) is 0 Å². The molecular formula is C7H15O10P. The molecule has 10 nitrogen and oxygen atoms in total. The number of rotatable bonds is 4. The molecule has 0 aromatic carbocycles. The van der Waals surface area contributed by atoms with Gasteiger partial charge in [0, 0.05) is 0 Å². The molecule has 0 aromatic rings. The summed E-state index contributed by atoms with van der Waals surface area (Å²) in [4.78, 5) is 17.1. The molecule has 3 unspecified atom stereocenters. The summed E-state index contributed by atoms with van der Waals surface area (Å²) < 4.78 is 19.4. The summed E-state index contributed by atoms with van der Waals surface area (Å²) in [6.07, 6.45) is -10.7. The second kappa shape index (κ2) is 5.88. The molecule has 1 aliphatic heterocycles. The number of hydrogen-bond acceptors (Lipinski definition) is 8. The number of aliphatic hydroxyl groups is 5. The fourth-order valence-corrected chi connectivity index (χ4v) is 1.96. The van der Waals surface area contributed by atoms with Crippen molar-refractivity contribution >= 4 is 7.82 Å². The maximum atomic E-state index is 10.6. The Morgan fingerprint density at radius 1 is 1.17 bits per heavy atom. The van der Waals surface area contributed by atoms with Crippen LogP contribution < -0.4 is 0 Å². The van der Waals surface area contributed by atoms with E-state index in [2.05, 4.69) is 4.52 Å². The van der Waals surface area contributed by atoms with Gasteiger partial charge in [-0.05, 0) is 0 Å². The average Bonchev–Trinajstić information content (AvgIpc) is 2.27. The SMILES string of the molecule is O=P(O)(O)O[C@@H]1OC([C@H](O)CO)[C@@H](O)C(O)C1O. The van der Waals surface area contributed by atoms with E-state index in [9.17, 15) is 25.0 Å². The smallest absolute Gasteiger partial charge is 0.394 e. The highest BCUT2D eigenvalue weighted by Gasteiger charge is 2.48. The van der Waals surface area contributed by atoms with Gasteiger partial charge in [0.1, 0.15) is 30.5 Å². The van der Waals surface area contributed by atoms with Gasteiger partial charge in [0.05, 0.1) is 6.61 Å². The predicted octanol–water partition coefficient (Wildman–Crippen LogP) is -3.74. The van der Waals surface area contributed by atoms with Gasteiger partial charge in [-0.3, -0.25) is 4.52 Å². The molecule has 0 aromatic heterocycles. The van der Waals surface area contributed by atoms with Crippen molar-refractivity contribution in [3.63, 3.8) is 0 Å². The first-order chi connectivity index (χ1) is 8.17. The molecule has 18 heavy (non-hydrogen) atoms. The number of aliphatic hydroxyl groups excluding tert-OH is 5. The molecule has 11 heteroatoms. The average molecular weight is 290 g/mol. The Morgan fingerprint density at radius 3 is 2.17 bits per heavy atom. The molecule has 0 aliphatic carbocycles. The third-order valence-electron chi connectivity index (χ3n) is 2.41. The second-order valence-electron chi connectivity index (χ2n) is 3.79. The van der Waals surface area contributed by atoms with E-state index in [1.807, 2.05) is 0 Å². The minimum atomic E-state index is -5.00. The van der Waals surface area contributed by atoms with Gasteiger partial charge in [0.2, 0.25) is 0 Å². The van der Waals surface area contributed by atoms with Gasteiger partial charge in [-0.15, -0.1) is 0 Å². The number of phosphoric acid groups is 1. The maximum Gasteiger partial charge on any atom is 0.472 e. The molecule has 7 N–H and O–H groups in total. The summed E-state index contributed by atoms with van der Waals surface area (Å²) in [7, 11) is -5.00. The van der Waals surface area contributed by atoms with Crippen molar-refractivity contribution in [1.29, 1.82) is 0 Å². The zero-order chi connectivity index (χ0) is 14.1. The Kier molecular flexibility index (Phi) is 5.21. The monoisotopic (exact) mass is 290 g/mol. The Balaban J connectivity index is 2.84. The topological polar surface area (TPSA) is 177 Å². The minimum Gasteiger partial charge on any atom is -0.394 e. The Morgan fingerprint density at radius 2 is 1.72 bits per heavy atom. The molecule has 0 spiro atoms. The van der Waals surface area contributed by atoms with Crippen LogP contribution in [0, 0.1) is 0 Å². The van der Waals surface area contributed by atoms with E-state index in [4.69, 9.17) is 19.6 Å². The molecule has 1 heterocycles. The van der Waals surface area contributed by atoms with Crippen molar-refractivity contribution in [2.45, 2.75) is 36.8 Å². The van der Waals surface area contributed by atoms with Gasteiger partial charge >= 0.3 is 7.82 Å². The Bertz CT molecular complexity index is 317. The summed E-state index contributed by atoms with van der Waals surface area (Å²) >= 11 is 0. The number of phosphoric ester groups is 1. The summed E-state index contributed by atoms with van der Waals surface area (Å²) in [5.41, 5.74) is 0. The standard InChI is InChI=1S/C7H15O10P/c8-1-2(9)6-4(11)3(10)5(12)7(16-6)17-18(13,14)15/h2-12H,1H2,(H2,13,14,15)/t2-,3?,4+,5?,6?,7+/m1/s1. The van der Waals surface area contributed by atoms with E-state index in [1.165, 1.54) is 0 Å². The predicted molar refractivity (Wildman–Crippen MR) is 52.9 cm³/mol. The molecule has 1 saturated heterocycles. The molecule has 108 valence electrons. The largest absolute Gasteiger partial charge is 0.472 e. The lowest BCUT2D eigenvalue weighted by Crippen LogP contribution is -2.61. The normalized spacial score (nSPS) is 39.6. The molecule has 0 bridgehead atoms. The van der Waals surface area contributed by atoms with Gasteiger partial charge in [-0.1, -0.05) is 0 Å². The molecule has 1 fully saturated rings. The quantitative estimate of drug-likeness (QED) is 0.254. The summed E-state index contributed by atoms with van der Waals surface area (Å²) in [5, 5.41) is 46.3. The van der Waals surface area contributed by atoms with Crippen molar-refractivity contribution in [3.05, 3.63) is 0 Å². The van der Waals surface area contributed by atoms with Crippen LogP contribution in [0.3, 0.4) is 0 Å². The summed E-state index contributed by atoms with van der Waals surface area (Å²) in [6.45, 7) is -0.826. The first kappa shape index (κ1) is 15.9. The Labute approximate surface area is 101 Å². The van der Waals surface area contributed by atoms with Crippen molar-refractivity contribution in [1.82, 2.24) is 0 Å². The summed E-state index contributed by atoms with van der Waals surface area (Å²) in [5.74, 6) is 0. The van der Waals surface area contributed by atoms with Crippen LogP contribution in [0.15, 0.2) is 0 Å². The lowest BCUT2D eigenvalue weighted by molar-refractivity contribution is -0.293. The van der Waals surface area contributed by atoms with Gasteiger partial charge in [-0.25, -0.2) is 4.57 Å². The maximum absolute atomic E-state index is 10.6. The lowest BCUT2D eigenvalue weighted by atomic mass is 9.96. The van der Waals surface area contributed by atoms with E-state index in [0.717, 1.165) is 0 Å². The van der Waals surface area contributed by atoms with E-state index < -0.39 is 51.2 Å². The van der Waals surface area contributed by atoms with Crippen LogP contribution in [0.4, 0.5) is 0 Å². The molecular weight excluding hydrogens is 275 g/mol. The van der Waals surface area contributed by atoms with E-state index >= 15 is 0 Å². The first-order valence-electron chi connectivity index (χ1n) is 4.90. The molecule has 1 aliphatic rings. The van der Waals surface area contributed by atoms with Crippen LogP contribution >= 0.6 is 7.82 Å². The number of ether oxygens (including phenoxy) is 1. The van der Waals surface area contributed by atoms with Crippen LogP contribution in [0.5, 0.6) is 0 Å². The molecule has 0 radical (unpaired) electrons. The van der Waals surface area contributed by atoms with E-state index in [-0.39, 0.29) is 0 Å². The third kappa shape index (κ3) is 3.68. The molecule has 0 amide bonds. The van der Waals surface area contributed by atoms with Crippen LogP contribution in [0.25, 0.3) is 0 Å². The molecule has 0 saturated carbocycles. The fraction of sp³-hybridized carbons (Fsp3) is 1.00. The zero-order valence-electron chi connectivity index (χ0n) is 8.97. The highest BCUT2D eigenvalue weighted by atomic mass is 31.2. The van der Waals surface area contributed by atoms with E-state index in [1.54, 1.807) is 0 Å². The summed E-state index contributed by atoms with van der Waals surface area (Å²) in [6, 6.07) is 0. The van der Waals surface area contributed by atoms with Gasteiger partial charge < -0.3 is 40.1 Å². The minimum absolute atomic E-state index is 0.826. The highest BCUT2D eigenvalue weighted by Crippen LogP contribution is 2.40. The van der Waals surface area contributed by atoms with Gasteiger partial charge in [0.25, 0.3) is 0 Å². The van der Waals surface area contributed by atoms with Crippen molar-refractivity contribution < 1.29 is 49.1 Å². The number of hydrogen-bond donors (Lipinski definition) is 7. The van der Waals surface area contributed by atoms with Crippen molar-refractivity contribution in [2.24, 2.45) is 0 Å². The van der Waals surface area contributed by atoms with E-state index in [0.29, 0.717) is 0 Å². The molecule has 1 rings (SSSR count). The fourth-order valence-electron chi connectivity index (χ4n) is 1.52. The van der Waals surface area contributed by atoms with Crippen LogP contribution in [-0.4, -0.2) is 78.7 Å².